The predicted octanol–water partition coefficient (Wildman–Crippen LogP) is 3.81. The number of nitrogens with one attached hydrogen (secondary N) is 1. The minimum absolute atomic E-state index is 0.0371. The van der Waals surface area contributed by atoms with Gasteiger partial charge in [-0.25, -0.2) is 4.39 Å². The maximum atomic E-state index is 13.1. The predicted molar refractivity (Wildman–Crippen MR) is 110 cm³/mol. The lowest BCUT2D eigenvalue weighted by molar-refractivity contribution is 0.0943. The van der Waals surface area contributed by atoms with Crippen LogP contribution in [0.4, 0.5) is 4.39 Å². The molecule has 1 fully saturated rings. The van der Waals surface area contributed by atoms with Gasteiger partial charge >= 0.3 is 0 Å². The highest BCUT2D eigenvalue weighted by Gasteiger charge is 2.29. The lowest BCUT2D eigenvalue weighted by Crippen LogP contribution is -2.41. The van der Waals surface area contributed by atoms with Crippen LogP contribution >= 0.6 is 11.3 Å². The second-order valence-corrected chi connectivity index (χ2v) is 8.69. The van der Waals surface area contributed by atoms with E-state index in [2.05, 4.69) is 29.3 Å². The molecule has 1 aliphatic rings. The molecule has 1 saturated carbocycles. The van der Waals surface area contributed by atoms with Gasteiger partial charge in [-0.15, -0.1) is 11.3 Å². The number of rotatable bonds is 7. The Morgan fingerprint density at radius 1 is 1.39 bits per heavy atom. The van der Waals surface area contributed by atoms with Crippen molar-refractivity contribution in [1.82, 2.24) is 20.0 Å². The summed E-state index contributed by atoms with van der Waals surface area (Å²) < 4.78 is 15.0. The number of nitrogens with zero attached hydrogens (tertiary/aromatic N) is 3. The summed E-state index contributed by atoms with van der Waals surface area (Å²) in [6, 6.07) is 9.35. The van der Waals surface area contributed by atoms with E-state index in [9.17, 15) is 9.18 Å². The second kappa shape index (κ2) is 7.64. The Hall–Kier alpha value is -2.25. The molecule has 0 radical (unpaired) electrons. The van der Waals surface area contributed by atoms with Crippen molar-refractivity contribution in [2.45, 2.75) is 45.3 Å². The van der Waals surface area contributed by atoms with Crippen LogP contribution in [0.1, 0.15) is 40.7 Å². The highest BCUT2D eigenvalue weighted by Crippen LogP contribution is 2.29. The van der Waals surface area contributed by atoms with Crippen LogP contribution in [0.5, 0.6) is 0 Å². The van der Waals surface area contributed by atoms with E-state index >= 15 is 0 Å². The SMILES string of the molecule is Cc1nn(Cc2ccc(F)cc2)c2sc(C(=O)NCC(C)N(C)C3CC3)cc12. The minimum atomic E-state index is -0.248. The van der Waals surface area contributed by atoms with Gasteiger partial charge in [-0.3, -0.25) is 14.4 Å². The maximum Gasteiger partial charge on any atom is 0.261 e. The lowest BCUT2D eigenvalue weighted by atomic mass is 10.2. The summed E-state index contributed by atoms with van der Waals surface area (Å²) in [7, 11) is 2.13. The summed E-state index contributed by atoms with van der Waals surface area (Å²) in [5.41, 5.74) is 1.87. The van der Waals surface area contributed by atoms with Crippen molar-refractivity contribution >= 4 is 27.5 Å². The average Bonchev–Trinajstić information content (AvgIpc) is 3.36. The quantitative estimate of drug-likeness (QED) is 0.656. The normalized spacial score (nSPS) is 15.3. The molecular weight excluding hydrogens is 375 g/mol. The fourth-order valence-electron chi connectivity index (χ4n) is 3.41. The fraction of sp³-hybridized carbons (Fsp3) is 0.429. The molecule has 1 N–H and O–H groups in total. The largest absolute Gasteiger partial charge is 0.350 e. The number of aromatic nitrogens is 2. The number of carbonyl (C=O) groups excluding carboxylic acids is 1. The van der Waals surface area contributed by atoms with Crippen LogP contribution in [-0.2, 0) is 6.54 Å². The van der Waals surface area contributed by atoms with Crippen molar-refractivity contribution < 1.29 is 9.18 Å². The summed E-state index contributed by atoms with van der Waals surface area (Å²) in [6.45, 7) is 5.29. The van der Waals surface area contributed by atoms with Gasteiger partial charge in [0.1, 0.15) is 10.6 Å². The second-order valence-electron chi connectivity index (χ2n) is 7.65. The number of amides is 1. The molecule has 2 heterocycles. The van der Waals surface area contributed by atoms with E-state index < -0.39 is 0 Å². The molecular formula is C21H25FN4OS. The first kappa shape index (κ1) is 19.1. The standard InChI is InChI=1S/C21H25FN4OS/c1-13(25(3)17-8-9-17)11-23-20(27)19-10-18-14(2)24-26(21(18)28-19)12-15-4-6-16(22)7-5-15/h4-7,10,13,17H,8-9,11-12H2,1-3H3,(H,23,27). The van der Waals surface area contributed by atoms with Gasteiger partial charge < -0.3 is 5.32 Å². The molecule has 1 aromatic carbocycles. The summed E-state index contributed by atoms with van der Waals surface area (Å²) in [6.07, 6.45) is 2.52. The lowest BCUT2D eigenvalue weighted by Gasteiger charge is -2.24. The summed E-state index contributed by atoms with van der Waals surface area (Å²) in [5, 5.41) is 8.65. The smallest absolute Gasteiger partial charge is 0.261 e. The van der Waals surface area contributed by atoms with E-state index in [1.54, 1.807) is 12.1 Å². The van der Waals surface area contributed by atoms with E-state index in [1.807, 2.05) is 17.7 Å². The number of hydrogen-bond acceptors (Lipinski definition) is 4. The molecule has 1 atom stereocenters. The number of aryl methyl sites for hydroxylation is 1. The average molecular weight is 401 g/mol. The molecule has 1 unspecified atom stereocenters. The molecule has 5 nitrogen and oxygen atoms in total. The van der Waals surface area contributed by atoms with Crippen molar-refractivity contribution in [3.05, 3.63) is 52.3 Å². The summed E-state index contributed by atoms with van der Waals surface area (Å²) in [5.74, 6) is -0.285. The Bertz CT molecular complexity index is 990. The Kier molecular flexibility index (Phi) is 5.21. The van der Waals surface area contributed by atoms with Crippen LogP contribution in [0.3, 0.4) is 0 Å². The van der Waals surface area contributed by atoms with E-state index in [4.69, 9.17) is 0 Å². The Balaban J connectivity index is 1.47. The number of hydrogen-bond donors (Lipinski definition) is 1. The van der Waals surface area contributed by atoms with Gasteiger partial charge in [0.15, 0.2) is 0 Å². The molecule has 2 aromatic heterocycles. The van der Waals surface area contributed by atoms with Crippen molar-refractivity contribution in [1.29, 1.82) is 0 Å². The minimum Gasteiger partial charge on any atom is -0.350 e. The molecule has 1 aliphatic carbocycles. The van der Waals surface area contributed by atoms with E-state index in [0.717, 1.165) is 21.5 Å². The molecule has 1 amide bonds. The molecule has 0 spiro atoms. The fourth-order valence-corrected chi connectivity index (χ4v) is 4.48. The van der Waals surface area contributed by atoms with E-state index in [0.29, 0.717) is 30.1 Å². The zero-order chi connectivity index (χ0) is 19.8. The first-order valence-electron chi connectivity index (χ1n) is 9.64. The molecule has 3 aromatic rings. The number of halogens is 1. The van der Waals surface area contributed by atoms with Gasteiger partial charge in [0, 0.05) is 24.0 Å². The number of carbonyl (C=O) groups is 1. The maximum absolute atomic E-state index is 13.1. The van der Waals surface area contributed by atoms with E-state index in [1.165, 1.54) is 36.3 Å². The van der Waals surface area contributed by atoms with Gasteiger partial charge in [-0.05, 0) is 57.5 Å². The number of fused-ring (bicyclic) bond motifs is 1. The Morgan fingerprint density at radius 2 is 2.11 bits per heavy atom. The molecule has 0 bridgehead atoms. The van der Waals surface area contributed by atoms with Crippen LogP contribution in [-0.4, -0.2) is 46.3 Å². The number of thiophene rings is 1. The van der Waals surface area contributed by atoms with Crippen molar-refractivity contribution in [3.8, 4) is 0 Å². The summed E-state index contributed by atoms with van der Waals surface area (Å²) in [4.78, 5) is 16.7. The highest BCUT2D eigenvalue weighted by atomic mass is 32.1. The third-order valence-corrected chi connectivity index (χ3v) is 6.60. The molecule has 4 rings (SSSR count). The molecule has 28 heavy (non-hydrogen) atoms. The van der Waals surface area contributed by atoms with Crippen LogP contribution in [0.25, 0.3) is 10.2 Å². The molecule has 0 saturated heterocycles. The van der Waals surface area contributed by atoms with Crippen LogP contribution in [0, 0.1) is 12.7 Å². The highest BCUT2D eigenvalue weighted by molar-refractivity contribution is 7.20. The van der Waals surface area contributed by atoms with Gasteiger partial charge in [0.2, 0.25) is 0 Å². The Morgan fingerprint density at radius 3 is 2.79 bits per heavy atom. The number of benzene rings is 1. The zero-order valence-electron chi connectivity index (χ0n) is 16.4. The Labute approximate surface area is 168 Å². The third kappa shape index (κ3) is 3.95. The first-order valence-corrected chi connectivity index (χ1v) is 10.5. The summed E-state index contributed by atoms with van der Waals surface area (Å²) >= 11 is 1.45. The van der Waals surface area contributed by atoms with Crippen LogP contribution in [0.2, 0.25) is 0 Å². The van der Waals surface area contributed by atoms with Crippen molar-refractivity contribution in [2.24, 2.45) is 0 Å². The molecule has 7 heteroatoms. The van der Waals surface area contributed by atoms with Gasteiger partial charge in [-0.2, -0.15) is 5.10 Å². The first-order chi connectivity index (χ1) is 13.4. The van der Waals surface area contributed by atoms with Crippen molar-refractivity contribution in [2.75, 3.05) is 13.6 Å². The molecule has 0 aliphatic heterocycles. The monoisotopic (exact) mass is 400 g/mol. The van der Waals surface area contributed by atoms with Crippen LogP contribution < -0.4 is 5.32 Å². The zero-order valence-corrected chi connectivity index (χ0v) is 17.2. The van der Waals surface area contributed by atoms with E-state index in [-0.39, 0.29) is 11.7 Å². The van der Waals surface area contributed by atoms with Gasteiger partial charge in [0.25, 0.3) is 5.91 Å². The van der Waals surface area contributed by atoms with Gasteiger partial charge in [-0.1, -0.05) is 12.1 Å². The van der Waals surface area contributed by atoms with Crippen LogP contribution in [0.15, 0.2) is 30.3 Å². The topological polar surface area (TPSA) is 50.2 Å². The third-order valence-electron chi connectivity index (χ3n) is 5.45. The number of likely N-dealkylation sites (N-methyl/N-ethyl adjacent to an activating group) is 1. The van der Waals surface area contributed by atoms with Gasteiger partial charge in [0.05, 0.1) is 17.1 Å². The molecule has 148 valence electrons. The van der Waals surface area contributed by atoms with Crippen molar-refractivity contribution in [3.63, 3.8) is 0 Å².